The average molecular weight is 226 g/mol. The van der Waals surface area contributed by atoms with Gasteiger partial charge in [-0.3, -0.25) is 9.69 Å². The van der Waals surface area contributed by atoms with Gasteiger partial charge in [-0.2, -0.15) is 0 Å². The summed E-state index contributed by atoms with van der Waals surface area (Å²) in [6.45, 7) is 3.64. The summed E-state index contributed by atoms with van der Waals surface area (Å²) in [5.74, 6) is -0.0308. The Morgan fingerprint density at radius 1 is 1.31 bits per heavy atom. The second-order valence-electron chi connectivity index (χ2n) is 4.87. The van der Waals surface area contributed by atoms with Gasteiger partial charge in [0, 0.05) is 18.5 Å². The molecule has 1 heterocycles. The molecule has 16 heavy (non-hydrogen) atoms. The molecular formula is C12H22N2O2. The standard InChI is InChI=1S/C12H22N2O2/c1-2-14(11-7-8-16-12(11)15)10-5-3-9(13)4-6-10/h9-11H,2-8,13H2,1H3. The Labute approximate surface area is 97.1 Å². The normalized spacial score (nSPS) is 35.4. The summed E-state index contributed by atoms with van der Waals surface area (Å²) >= 11 is 0. The molecule has 0 radical (unpaired) electrons. The Hall–Kier alpha value is -0.610. The highest BCUT2D eigenvalue weighted by Gasteiger charge is 2.36. The molecule has 1 saturated heterocycles. The van der Waals surface area contributed by atoms with Crippen LogP contribution < -0.4 is 5.73 Å². The minimum atomic E-state index is -0.0308. The first-order chi connectivity index (χ1) is 7.72. The van der Waals surface area contributed by atoms with Crippen molar-refractivity contribution in [1.82, 2.24) is 4.90 Å². The number of hydrogen-bond acceptors (Lipinski definition) is 4. The number of likely N-dealkylation sites (N-methyl/N-ethyl adjacent to an activating group) is 1. The zero-order valence-corrected chi connectivity index (χ0v) is 10.0. The van der Waals surface area contributed by atoms with Gasteiger partial charge in [-0.15, -0.1) is 0 Å². The number of ether oxygens (including phenoxy) is 1. The molecule has 0 aromatic heterocycles. The number of carbonyl (C=O) groups excluding carboxylic acids is 1. The highest BCUT2D eigenvalue weighted by molar-refractivity contribution is 5.77. The number of cyclic esters (lactones) is 1. The second-order valence-corrected chi connectivity index (χ2v) is 4.87. The Bertz CT molecular complexity index is 249. The van der Waals surface area contributed by atoms with E-state index in [2.05, 4.69) is 11.8 Å². The molecule has 4 nitrogen and oxygen atoms in total. The lowest BCUT2D eigenvalue weighted by molar-refractivity contribution is -0.143. The molecule has 1 unspecified atom stereocenters. The monoisotopic (exact) mass is 226 g/mol. The Morgan fingerprint density at radius 3 is 2.50 bits per heavy atom. The zero-order valence-electron chi connectivity index (χ0n) is 10.0. The van der Waals surface area contributed by atoms with Gasteiger partial charge in [0.25, 0.3) is 0 Å². The quantitative estimate of drug-likeness (QED) is 0.726. The minimum absolute atomic E-state index is 0.00400. The van der Waals surface area contributed by atoms with E-state index in [1.165, 1.54) is 0 Å². The van der Waals surface area contributed by atoms with Gasteiger partial charge in [0.1, 0.15) is 6.04 Å². The van der Waals surface area contributed by atoms with E-state index in [0.717, 1.165) is 38.6 Å². The highest BCUT2D eigenvalue weighted by Crippen LogP contribution is 2.26. The Morgan fingerprint density at radius 2 is 2.00 bits per heavy atom. The maximum atomic E-state index is 11.6. The Balaban J connectivity index is 1.96. The van der Waals surface area contributed by atoms with Crippen molar-refractivity contribution in [2.75, 3.05) is 13.2 Å². The van der Waals surface area contributed by atoms with Crippen LogP contribution in [0.5, 0.6) is 0 Å². The molecule has 0 aromatic carbocycles. The molecule has 0 amide bonds. The highest BCUT2D eigenvalue weighted by atomic mass is 16.5. The fourth-order valence-electron chi connectivity index (χ4n) is 2.95. The van der Waals surface area contributed by atoms with Crippen molar-refractivity contribution in [2.45, 2.75) is 57.2 Å². The van der Waals surface area contributed by atoms with E-state index in [1.54, 1.807) is 0 Å². The molecule has 4 heteroatoms. The van der Waals surface area contributed by atoms with Crippen molar-refractivity contribution in [3.63, 3.8) is 0 Å². The lowest BCUT2D eigenvalue weighted by Crippen LogP contribution is -2.48. The second kappa shape index (κ2) is 5.15. The fourth-order valence-corrected chi connectivity index (χ4v) is 2.95. The third-order valence-electron chi connectivity index (χ3n) is 3.88. The van der Waals surface area contributed by atoms with E-state index < -0.39 is 0 Å². The van der Waals surface area contributed by atoms with Crippen molar-refractivity contribution >= 4 is 5.97 Å². The van der Waals surface area contributed by atoms with Gasteiger partial charge in [-0.1, -0.05) is 6.92 Å². The molecule has 0 aromatic rings. The lowest BCUT2D eigenvalue weighted by atomic mass is 9.90. The lowest BCUT2D eigenvalue weighted by Gasteiger charge is -2.37. The first-order valence-electron chi connectivity index (χ1n) is 6.40. The number of carbonyl (C=O) groups is 1. The van der Waals surface area contributed by atoms with E-state index in [0.29, 0.717) is 18.7 Å². The van der Waals surface area contributed by atoms with Crippen LogP contribution in [0.25, 0.3) is 0 Å². The van der Waals surface area contributed by atoms with E-state index >= 15 is 0 Å². The molecule has 2 N–H and O–H groups in total. The van der Waals surface area contributed by atoms with E-state index in [9.17, 15) is 4.79 Å². The van der Waals surface area contributed by atoms with Gasteiger partial charge in [0.05, 0.1) is 6.61 Å². The van der Waals surface area contributed by atoms with Crippen molar-refractivity contribution in [1.29, 1.82) is 0 Å². The van der Waals surface area contributed by atoms with Crippen LogP contribution >= 0.6 is 0 Å². The summed E-state index contributed by atoms with van der Waals surface area (Å²) < 4.78 is 5.05. The summed E-state index contributed by atoms with van der Waals surface area (Å²) in [5.41, 5.74) is 5.91. The van der Waals surface area contributed by atoms with Crippen LogP contribution in [0.3, 0.4) is 0 Å². The van der Waals surface area contributed by atoms with Crippen molar-refractivity contribution in [2.24, 2.45) is 5.73 Å². The van der Waals surface area contributed by atoms with Gasteiger partial charge in [0.2, 0.25) is 0 Å². The summed E-state index contributed by atoms with van der Waals surface area (Å²) in [5, 5.41) is 0. The smallest absolute Gasteiger partial charge is 0.323 e. The average Bonchev–Trinajstić information content (AvgIpc) is 2.69. The van der Waals surface area contributed by atoms with Crippen molar-refractivity contribution < 1.29 is 9.53 Å². The molecule has 2 fully saturated rings. The number of hydrogen-bond donors (Lipinski definition) is 1. The van der Waals surface area contributed by atoms with Gasteiger partial charge in [0.15, 0.2) is 0 Å². The van der Waals surface area contributed by atoms with Crippen molar-refractivity contribution in [3.05, 3.63) is 0 Å². The van der Waals surface area contributed by atoms with Crippen LogP contribution in [0.15, 0.2) is 0 Å². The maximum absolute atomic E-state index is 11.6. The van der Waals surface area contributed by atoms with E-state index in [-0.39, 0.29) is 12.0 Å². The predicted octanol–water partition coefficient (Wildman–Crippen LogP) is 0.894. The predicted molar refractivity (Wildman–Crippen MR) is 62.0 cm³/mol. The van der Waals surface area contributed by atoms with E-state index in [4.69, 9.17) is 10.5 Å². The summed E-state index contributed by atoms with van der Waals surface area (Å²) in [6, 6.07) is 0.898. The van der Waals surface area contributed by atoms with Gasteiger partial charge >= 0.3 is 5.97 Å². The summed E-state index contributed by atoms with van der Waals surface area (Å²) in [4.78, 5) is 13.9. The molecule has 1 aliphatic carbocycles. The number of rotatable bonds is 3. The van der Waals surface area contributed by atoms with Gasteiger partial charge in [-0.25, -0.2) is 0 Å². The third kappa shape index (κ3) is 2.38. The molecular weight excluding hydrogens is 204 g/mol. The molecule has 0 spiro atoms. The number of nitrogens with zero attached hydrogens (tertiary/aromatic N) is 1. The number of esters is 1. The summed E-state index contributed by atoms with van der Waals surface area (Å²) in [6.07, 6.45) is 5.28. The van der Waals surface area contributed by atoms with Crippen molar-refractivity contribution in [3.8, 4) is 0 Å². The molecule has 1 saturated carbocycles. The topological polar surface area (TPSA) is 55.6 Å². The van der Waals surface area contributed by atoms with E-state index in [1.807, 2.05) is 0 Å². The Kier molecular flexibility index (Phi) is 3.82. The zero-order chi connectivity index (χ0) is 11.5. The van der Waals surface area contributed by atoms with Crippen LogP contribution in [0.2, 0.25) is 0 Å². The van der Waals surface area contributed by atoms with Crippen LogP contribution in [-0.2, 0) is 9.53 Å². The maximum Gasteiger partial charge on any atom is 0.323 e. The molecule has 2 rings (SSSR count). The molecule has 92 valence electrons. The van der Waals surface area contributed by atoms with Crippen LogP contribution in [0.4, 0.5) is 0 Å². The fraction of sp³-hybridized carbons (Fsp3) is 0.917. The summed E-state index contributed by atoms with van der Waals surface area (Å²) in [7, 11) is 0. The molecule has 1 atom stereocenters. The van der Waals surface area contributed by atoms with Crippen LogP contribution in [0, 0.1) is 0 Å². The third-order valence-corrected chi connectivity index (χ3v) is 3.88. The van der Waals surface area contributed by atoms with Crippen LogP contribution in [0.1, 0.15) is 39.0 Å². The minimum Gasteiger partial charge on any atom is -0.464 e. The largest absolute Gasteiger partial charge is 0.464 e. The molecule has 2 aliphatic rings. The number of nitrogens with two attached hydrogens (primary N) is 1. The first-order valence-corrected chi connectivity index (χ1v) is 6.40. The van der Waals surface area contributed by atoms with Crippen LogP contribution in [-0.4, -0.2) is 42.1 Å². The van der Waals surface area contributed by atoms with Gasteiger partial charge in [-0.05, 0) is 32.2 Å². The SMILES string of the molecule is CCN(C1CCC(N)CC1)C1CCOC1=O. The van der Waals surface area contributed by atoms with Gasteiger partial charge < -0.3 is 10.5 Å². The molecule has 0 bridgehead atoms. The molecule has 1 aliphatic heterocycles. The first kappa shape index (κ1) is 11.9.